The molecule has 1 aromatic rings. The summed E-state index contributed by atoms with van der Waals surface area (Å²) >= 11 is 1.60. The summed E-state index contributed by atoms with van der Waals surface area (Å²) in [6.07, 6.45) is 3.77. The quantitative estimate of drug-likeness (QED) is 0.892. The predicted molar refractivity (Wildman–Crippen MR) is 80.3 cm³/mol. The fourth-order valence-electron chi connectivity index (χ4n) is 2.27. The lowest BCUT2D eigenvalue weighted by atomic mass is 9.80. The van der Waals surface area contributed by atoms with Crippen LogP contribution in [0.2, 0.25) is 0 Å². The zero-order valence-electron chi connectivity index (χ0n) is 12.4. The lowest BCUT2D eigenvalue weighted by Gasteiger charge is -2.36. The number of carbonyl (C=O) groups is 2. The van der Waals surface area contributed by atoms with Crippen molar-refractivity contribution in [2.24, 2.45) is 5.41 Å². The molecule has 7 heteroatoms. The summed E-state index contributed by atoms with van der Waals surface area (Å²) in [5.74, 6) is -0.780. The molecule has 6 nitrogen and oxygen atoms in total. The number of aliphatic carboxylic acids is 1. The molecule has 2 rings (SSSR count). The van der Waals surface area contributed by atoms with Crippen molar-refractivity contribution in [3.05, 3.63) is 16.1 Å². The highest BCUT2D eigenvalue weighted by molar-refractivity contribution is 7.11. The molecule has 1 aliphatic heterocycles. The molecule has 0 saturated carbocycles. The number of likely N-dealkylation sites (tertiary alicyclic amines) is 1. The van der Waals surface area contributed by atoms with Gasteiger partial charge in [0.1, 0.15) is 5.01 Å². The van der Waals surface area contributed by atoms with Gasteiger partial charge in [-0.25, -0.2) is 9.78 Å². The van der Waals surface area contributed by atoms with Crippen LogP contribution in [-0.4, -0.2) is 40.1 Å². The number of aryl methyl sites for hydroxylation is 1. The Morgan fingerprint density at radius 3 is 2.67 bits per heavy atom. The van der Waals surface area contributed by atoms with E-state index in [9.17, 15) is 14.7 Å². The summed E-state index contributed by atoms with van der Waals surface area (Å²) in [7, 11) is 0. The highest BCUT2D eigenvalue weighted by Gasteiger charge is 2.37. The normalized spacial score (nSPS) is 17.5. The molecule has 0 aromatic carbocycles. The monoisotopic (exact) mass is 311 g/mol. The second-order valence-electron chi connectivity index (χ2n) is 5.59. The smallest absolute Gasteiger partial charge is 0.317 e. The molecule has 0 bridgehead atoms. The molecule has 1 saturated heterocycles. The number of carboxylic acid groups (broad SMARTS) is 1. The average molecular weight is 311 g/mol. The van der Waals surface area contributed by atoms with Crippen molar-refractivity contribution in [1.82, 2.24) is 15.2 Å². The number of carbonyl (C=O) groups excluding carboxylic acids is 1. The first-order valence-electron chi connectivity index (χ1n) is 7.14. The number of thiazole rings is 1. The fourth-order valence-corrected chi connectivity index (χ4v) is 3.08. The first-order valence-corrected chi connectivity index (χ1v) is 7.96. The first-order chi connectivity index (χ1) is 9.94. The van der Waals surface area contributed by atoms with E-state index in [0.717, 1.165) is 11.4 Å². The van der Waals surface area contributed by atoms with Crippen LogP contribution in [0.4, 0.5) is 4.79 Å². The molecular formula is C14H21N3O3S. The number of nitrogens with zero attached hydrogens (tertiary/aromatic N) is 2. The lowest BCUT2D eigenvalue weighted by Crippen LogP contribution is -2.48. The third kappa shape index (κ3) is 3.72. The van der Waals surface area contributed by atoms with Crippen molar-refractivity contribution in [2.45, 2.75) is 39.7 Å². The van der Waals surface area contributed by atoms with Gasteiger partial charge < -0.3 is 15.3 Å². The summed E-state index contributed by atoms with van der Waals surface area (Å²) in [6.45, 7) is 5.20. The molecule has 1 aromatic heterocycles. The van der Waals surface area contributed by atoms with E-state index in [2.05, 4.69) is 17.2 Å². The number of carboxylic acids is 1. The Kier molecular flexibility index (Phi) is 4.82. The predicted octanol–water partition coefficient (Wildman–Crippen LogP) is 2.10. The van der Waals surface area contributed by atoms with Crippen molar-refractivity contribution >= 4 is 23.3 Å². The molecule has 21 heavy (non-hydrogen) atoms. The van der Waals surface area contributed by atoms with Crippen LogP contribution in [0.5, 0.6) is 0 Å². The molecule has 1 fully saturated rings. The zero-order chi connectivity index (χ0) is 15.5. The fraction of sp³-hybridized carbons (Fsp3) is 0.643. The van der Waals surface area contributed by atoms with Crippen LogP contribution in [0.1, 0.15) is 36.6 Å². The highest BCUT2D eigenvalue weighted by atomic mass is 32.1. The molecule has 2 amide bonds. The molecular weight excluding hydrogens is 290 g/mol. The van der Waals surface area contributed by atoms with Crippen molar-refractivity contribution in [3.63, 3.8) is 0 Å². The van der Waals surface area contributed by atoms with E-state index in [1.165, 1.54) is 4.88 Å². The summed E-state index contributed by atoms with van der Waals surface area (Å²) in [4.78, 5) is 30.4. The molecule has 2 heterocycles. The second-order valence-corrected chi connectivity index (χ2v) is 6.79. The Hall–Kier alpha value is -1.63. The minimum absolute atomic E-state index is 0.143. The Balaban J connectivity index is 1.81. The van der Waals surface area contributed by atoms with Gasteiger partial charge in [-0.15, -0.1) is 11.3 Å². The molecule has 0 unspecified atom stereocenters. The van der Waals surface area contributed by atoms with Crippen LogP contribution in [0.15, 0.2) is 6.20 Å². The molecule has 0 aliphatic carbocycles. The van der Waals surface area contributed by atoms with Crippen molar-refractivity contribution < 1.29 is 14.7 Å². The number of amides is 2. The minimum atomic E-state index is -0.780. The van der Waals surface area contributed by atoms with E-state index in [0.29, 0.717) is 32.5 Å². The van der Waals surface area contributed by atoms with Gasteiger partial charge in [0.15, 0.2) is 0 Å². The number of aromatic nitrogens is 1. The van der Waals surface area contributed by atoms with Gasteiger partial charge in [-0.1, -0.05) is 6.92 Å². The molecule has 2 N–H and O–H groups in total. The third-order valence-electron chi connectivity index (χ3n) is 4.01. The molecule has 1 aliphatic rings. The number of hydrogen-bond donors (Lipinski definition) is 2. The van der Waals surface area contributed by atoms with E-state index in [4.69, 9.17) is 0 Å². The van der Waals surface area contributed by atoms with Crippen molar-refractivity contribution in [2.75, 3.05) is 13.1 Å². The van der Waals surface area contributed by atoms with Crippen molar-refractivity contribution in [3.8, 4) is 0 Å². The highest BCUT2D eigenvalue weighted by Crippen LogP contribution is 2.30. The third-order valence-corrected chi connectivity index (χ3v) is 5.15. The topological polar surface area (TPSA) is 82.5 Å². The zero-order valence-corrected chi connectivity index (χ0v) is 13.2. The van der Waals surface area contributed by atoms with Crippen LogP contribution >= 0.6 is 11.3 Å². The summed E-state index contributed by atoms with van der Waals surface area (Å²) in [5, 5.41) is 12.9. The summed E-state index contributed by atoms with van der Waals surface area (Å²) in [5.41, 5.74) is -0.706. The Morgan fingerprint density at radius 2 is 2.14 bits per heavy atom. The number of hydrogen-bond acceptors (Lipinski definition) is 4. The SMILES string of the molecule is CCc1cnc(CNC(=O)N2CCC(C)(C(=O)O)CC2)s1. The van der Waals surface area contributed by atoms with E-state index in [1.807, 2.05) is 6.20 Å². The Bertz CT molecular complexity index is 521. The lowest BCUT2D eigenvalue weighted by molar-refractivity contribution is -0.150. The van der Waals surface area contributed by atoms with Gasteiger partial charge in [-0.3, -0.25) is 4.79 Å². The van der Waals surface area contributed by atoms with E-state index < -0.39 is 11.4 Å². The average Bonchev–Trinajstić information content (AvgIpc) is 2.93. The van der Waals surface area contributed by atoms with Crippen LogP contribution in [0.25, 0.3) is 0 Å². The summed E-state index contributed by atoms with van der Waals surface area (Å²) < 4.78 is 0. The summed E-state index contributed by atoms with van der Waals surface area (Å²) in [6, 6.07) is -0.143. The molecule has 116 valence electrons. The largest absolute Gasteiger partial charge is 0.481 e. The number of nitrogens with one attached hydrogen (secondary N) is 1. The number of piperidine rings is 1. The van der Waals surface area contributed by atoms with Gasteiger partial charge in [0.05, 0.1) is 12.0 Å². The number of urea groups is 1. The maximum Gasteiger partial charge on any atom is 0.317 e. The van der Waals surface area contributed by atoms with Gasteiger partial charge in [0.25, 0.3) is 0 Å². The first kappa shape index (κ1) is 15.8. The minimum Gasteiger partial charge on any atom is -0.481 e. The van der Waals surface area contributed by atoms with Crippen molar-refractivity contribution in [1.29, 1.82) is 0 Å². The van der Waals surface area contributed by atoms with Crippen LogP contribution in [-0.2, 0) is 17.8 Å². The second kappa shape index (κ2) is 6.43. The standard InChI is InChI=1S/C14H21N3O3S/c1-3-10-8-15-11(21-10)9-16-13(20)17-6-4-14(2,5-7-17)12(18)19/h8H,3-7,9H2,1-2H3,(H,16,20)(H,18,19). The molecule has 0 atom stereocenters. The molecule has 0 radical (unpaired) electrons. The van der Waals surface area contributed by atoms with Crippen LogP contribution in [0.3, 0.4) is 0 Å². The van der Waals surface area contributed by atoms with Gasteiger partial charge in [0.2, 0.25) is 0 Å². The van der Waals surface area contributed by atoms with Crippen LogP contribution in [0, 0.1) is 5.41 Å². The van der Waals surface area contributed by atoms with E-state index in [-0.39, 0.29) is 6.03 Å². The number of rotatable bonds is 4. The van der Waals surface area contributed by atoms with E-state index in [1.54, 1.807) is 23.2 Å². The molecule has 0 spiro atoms. The van der Waals surface area contributed by atoms with E-state index >= 15 is 0 Å². The van der Waals surface area contributed by atoms with Crippen LogP contribution < -0.4 is 5.32 Å². The van der Waals surface area contributed by atoms with Gasteiger partial charge in [0, 0.05) is 24.2 Å². The van der Waals surface area contributed by atoms with Gasteiger partial charge >= 0.3 is 12.0 Å². The Labute approximate surface area is 128 Å². The maximum atomic E-state index is 12.1. The maximum absolute atomic E-state index is 12.1. The van der Waals surface area contributed by atoms with Gasteiger partial charge in [-0.05, 0) is 26.2 Å². The van der Waals surface area contributed by atoms with Gasteiger partial charge in [-0.2, -0.15) is 0 Å². The Morgan fingerprint density at radius 1 is 1.48 bits per heavy atom.